The number of carbonyl (C=O) groups is 2. The number of amides is 2. The van der Waals surface area contributed by atoms with Gasteiger partial charge >= 0.3 is 0 Å². The molecule has 1 atom stereocenters. The maximum Gasteiger partial charge on any atom is 0.243 e. The zero-order chi connectivity index (χ0) is 14.8. The minimum absolute atomic E-state index is 0.0191. The lowest BCUT2D eigenvalue weighted by Gasteiger charge is -2.34. The van der Waals surface area contributed by atoms with E-state index in [2.05, 4.69) is 23.5 Å². The summed E-state index contributed by atoms with van der Waals surface area (Å²) in [6.45, 7) is 2.51. The fraction of sp³-hybridized carbons (Fsp3) is 0.294. The predicted molar refractivity (Wildman–Crippen MR) is 81.6 cm³/mol. The normalized spacial score (nSPS) is 18.9. The zero-order valence-corrected chi connectivity index (χ0v) is 12.0. The van der Waals surface area contributed by atoms with Gasteiger partial charge in [0, 0.05) is 6.54 Å². The van der Waals surface area contributed by atoms with Crippen LogP contribution in [-0.4, -0.2) is 29.3 Å². The van der Waals surface area contributed by atoms with Crippen molar-refractivity contribution in [2.45, 2.75) is 25.9 Å². The molecule has 1 N–H and O–H groups in total. The average Bonchev–Trinajstić information content (AvgIpc) is 2.51. The number of nitrogens with zero attached hydrogens (tertiary/aromatic N) is 1. The number of piperazine rings is 1. The molecule has 4 heteroatoms. The van der Waals surface area contributed by atoms with Gasteiger partial charge in [0.2, 0.25) is 11.8 Å². The summed E-state index contributed by atoms with van der Waals surface area (Å²) in [5.41, 5.74) is 1.08. The second-order valence-corrected chi connectivity index (χ2v) is 5.30. The van der Waals surface area contributed by atoms with Gasteiger partial charge in [-0.15, -0.1) is 0 Å². The van der Waals surface area contributed by atoms with E-state index >= 15 is 0 Å². The van der Waals surface area contributed by atoms with Gasteiger partial charge in [-0.2, -0.15) is 0 Å². The molecule has 0 saturated carbocycles. The molecule has 1 aliphatic rings. The van der Waals surface area contributed by atoms with Crippen molar-refractivity contribution in [3.05, 3.63) is 48.0 Å². The molecule has 1 aliphatic heterocycles. The molecule has 1 heterocycles. The van der Waals surface area contributed by atoms with E-state index in [4.69, 9.17) is 0 Å². The zero-order valence-electron chi connectivity index (χ0n) is 12.0. The molecule has 108 valence electrons. The first kappa shape index (κ1) is 13.6. The van der Waals surface area contributed by atoms with Crippen LogP contribution in [0.15, 0.2) is 42.5 Å². The molecule has 0 aromatic heterocycles. The Labute approximate surface area is 123 Å². The highest BCUT2D eigenvalue weighted by Gasteiger charge is 2.33. The molecular formula is C17H18N2O2. The van der Waals surface area contributed by atoms with Crippen molar-refractivity contribution in [3.63, 3.8) is 0 Å². The van der Waals surface area contributed by atoms with E-state index in [-0.39, 0.29) is 24.4 Å². The lowest BCUT2D eigenvalue weighted by atomic mass is 10.0. The summed E-state index contributed by atoms with van der Waals surface area (Å²) < 4.78 is 0. The highest BCUT2D eigenvalue weighted by molar-refractivity contribution is 5.95. The first-order chi connectivity index (χ1) is 10.2. The van der Waals surface area contributed by atoms with Crippen LogP contribution < -0.4 is 5.32 Å². The quantitative estimate of drug-likeness (QED) is 0.937. The Kier molecular flexibility index (Phi) is 3.60. The van der Waals surface area contributed by atoms with E-state index in [1.165, 1.54) is 0 Å². The van der Waals surface area contributed by atoms with Crippen molar-refractivity contribution in [3.8, 4) is 0 Å². The van der Waals surface area contributed by atoms with E-state index in [1.807, 2.05) is 31.2 Å². The molecule has 21 heavy (non-hydrogen) atoms. The number of nitrogens with one attached hydrogen (secondary N) is 1. The fourth-order valence-electron chi connectivity index (χ4n) is 2.92. The molecule has 1 fully saturated rings. The summed E-state index contributed by atoms with van der Waals surface area (Å²) in [5, 5.41) is 4.94. The second kappa shape index (κ2) is 5.56. The number of benzene rings is 2. The Morgan fingerprint density at radius 2 is 1.90 bits per heavy atom. The first-order valence-corrected chi connectivity index (χ1v) is 7.24. The largest absolute Gasteiger partial charge is 0.345 e. The number of hydrogen-bond acceptors (Lipinski definition) is 2. The Morgan fingerprint density at radius 1 is 1.14 bits per heavy atom. The van der Waals surface area contributed by atoms with Crippen LogP contribution in [0.5, 0.6) is 0 Å². The summed E-state index contributed by atoms with van der Waals surface area (Å²) in [5.74, 6) is -0.0771. The number of rotatable bonds is 3. The van der Waals surface area contributed by atoms with Gasteiger partial charge in [-0.1, -0.05) is 49.4 Å². The summed E-state index contributed by atoms with van der Waals surface area (Å²) in [7, 11) is 0. The van der Waals surface area contributed by atoms with Gasteiger partial charge in [0.1, 0.15) is 6.04 Å². The third kappa shape index (κ3) is 2.49. The molecule has 0 spiro atoms. The molecule has 0 bridgehead atoms. The molecular weight excluding hydrogens is 264 g/mol. The molecule has 0 aliphatic carbocycles. The Morgan fingerprint density at radius 3 is 2.71 bits per heavy atom. The van der Waals surface area contributed by atoms with Crippen molar-refractivity contribution in [1.29, 1.82) is 0 Å². The Hall–Kier alpha value is -2.36. The minimum Gasteiger partial charge on any atom is -0.345 e. The first-order valence-electron chi connectivity index (χ1n) is 7.24. The van der Waals surface area contributed by atoms with Crippen LogP contribution in [0.1, 0.15) is 18.9 Å². The maximum absolute atomic E-state index is 12.2. The lowest BCUT2D eigenvalue weighted by Crippen LogP contribution is -2.57. The van der Waals surface area contributed by atoms with E-state index < -0.39 is 0 Å². The van der Waals surface area contributed by atoms with Crippen LogP contribution in [0.4, 0.5) is 0 Å². The average molecular weight is 282 g/mol. The molecule has 2 aromatic rings. The van der Waals surface area contributed by atoms with Crippen molar-refractivity contribution in [2.24, 2.45) is 0 Å². The summed E-state index contributed by atoms with van der Waals surface area (Å²) in [6, 6.07) is 13.8. The van der Waals surface area contributed by atoms with E-state index in [0.29, 0.717) is 13.0 Å². The molecule has 2 amide bonds. The van der Waals surface area contributed by atoms with Gasteiger partial charge in [0.25, 0.3) is 0 Å². The van der Waals surface area contributed by atoms with Crippen LogP contribution in [0.25, 0.3) is 10.8 Å². The van der Waals surface area contributed by atoms with Crippen LogP contribution in [0.2, 0.25) is 0 Å². The molecule has 1 saturated heterocycles. The molecule has 4 nitrogen and oxygen atoms in total. The van der Waals surface area contributed by atoms with Gasteiger partial charge in [-0.3, -0.25) is 9.59 Å². The molecule has 0 radical (unpaired) electrons. The monoisotopic (exact) mass is 282 g/mol. The van der Waals surface area contributed by atoms with Crippen LogP contribution in [-0.2, 0) is 16.1 Å². The van der Waals surface area contributed by atoms with E-state index in [9.17, 15) is 9.59 Å². The SMILES string of the molecule is CCC1C(=O)NCC(=O)N1Cc1cccc2ccccc12. The third-order valence-corrected chi connectivity index (χ3v) is 4.02. The highest BCUT2D eigenvalue weighted by Crippen LogP contribution is 2.22. The fourth-order valence-corrected chi connectivity index (χ4v) is 2.92. The topological polar surface area (TPSA) is 49.4 Å². The van der Waals surface area contributed by atoms with Crippen molar-refractivity contribution < 1.29 is 9.59 Å². The van der Waals surface area contributed by atoms with E-state index in [0.717, 1.165) is 16.3 Å². The maximum atomic E-state index is 12.2. The summed E-state index contributed by atoms with van der Waals surface area (Å²) in [6.07, 6.45) is 0.627. The van der Waals surface area contributed by atoms with Gasteiger partial charge in [-0.25, -0.2) is 0 Å². The van der Waals surface area contributed by atoms with E-state index in [1.54, 1.807) is 4.90 Å². The van der Waals surface area contributed by atoms with Crippen LogP contribution in [0.3, 0.4) is 0 Å². The molecule has 1 unspecified atom stereocenters. The standard InChI is InChI=1S/C17H18N2O2/c1-2-15-17(21)18-10-16(20)19(15)11-13-8-5-7-12-6-3-4-9-14(12)13/h3-9,15H,2,10-11H2,1H3,(H,18,21). The van der Waals surface area contributed by atoms with Crippen LogP contribution >= 0.6 is 0 Å². The molecule has 2 aromatic carbocycles. The van der Waals surface area contributed by atoms with Gasteiger partial charge in [0.15, 0.2) is 0 Å². The van der Waals surface area contributed by atoms with Crippen molar-refractivity contribution in [2.75, 3.05) is 6.54 Å². The summed E-state index contributed by atoms with van der Waals surface area (Å²) in [4.78, 5) is 25.8. The van der Waals surface area contributed by atoms with Gasteiger partial charge < -0.3 is 10.2 Å². The Bertz CT molecular complexity index is 691. The lowest BCUT2D eigenvalue weighted by molar-refractivity contribution is -0.146. The number of fused-ring (bicyclic) bond motifs is 1. The van der Waals surface area contributed by atoms with Gasteiger partial charge in [0.05, 0.1) is 6.54 Å². The van der Waals surface area contributed by atoms with Crippen molar-refractivity contribution >= 4 is 22.6 Å². The minimum atomic E-state index is -0.370. The molecule has 3 rings (SSSR count). The Balaban J connectivity index is 1.96. The summed E-state index contributed by atoms with van der Waals surface area (Å²) >= 11 is 0. The van der Waals surface area contributed by atoms with Crippen molar-refractivity contribution in [1.82, 2.24) is 10.2 Å². The number of carbonyl (C=O) groups excluding carboxylic acids is 2. The van der Waals surface area contributed by atoms with Crippen LogP contribution in [0, 0.1) is 0 Å². The number of hydrogen-bond donors (Lipinski definition) is 1. The second-order valence-electron chi connectivity index (χ2n) is 5.30. The highest BCUT2D eigenvalue weighted by atomic mass is 16.2. The third-order valence-electron chi connectivity index (χ3n) is 4.02. The van der Waals surface area contributed by atoms with Gasteiger partial charge in [-0.05, 0) is 22.8 Å². The predicted octanol–water partition coefficient (Wildman–Crippen LogP) is 2.08. The smallest absolute Gasteiger partial charge is 0.243 e.